The maximum Gasteiger partial charge on any atom is 0.147 e. The van der Waals surface area contributed by atoms with Gasteiger partial charge in [0.2, 0.25) is 0 Å². The average molecular weight is 288 g/mol. The number of piperidine rings is 1. The van der Waals surface area contributed by atoms with Crippen LogP contribution in [0, 0.1) is 5.92 Å². The Balaban J connectivity index is 1.45. The van der Waals surface area contributed by atoms with Gasteiger partial charge in [0, 0.05) is 45.1 Å². The summed E-state index contributed by atoms with van der Waals surface area (Å²) in [7, 11) is 0. The molecule has 2 aliphatic heterocycles. The highest BCUT2D eigenvalue weighted by atomic mass is 16.5. The fourth-order valence-corrected chi connectivity index (χ4v) is 3.74. The summed E-state index contributed by atoms with van der Waals surface area (Å²) < 4.78 is 6.26. The van der Waals surface area contributed by atoms with Crippen LogP contribution >= 0.6 is 0 Å². The summed E-state index contributed by atoms with van der Waals surface area (Å²) in [5.74, 6) is 1.94. The van der Waals surface area contributed by atoms with Crippen molar-refractivity contribution in [2.75, 3.05) is 44.2 Å². The first-order valence-corrected chi connectivity index (χ1v) is 8.20. The molecule has 114 valence electrons. The molecule has 0 amide bonds. The number of aromatic nitrogens is 2. The zero-order valence-corrected chi connectivity index (χ0v) is 12.6. The van der Waals surface area contributed by atoms with Crippen LogP contribution in [0.25, 0.3) is 0 Å². The molecule has 1 spiro atoms. The van der Waals surface area contributed by atoms with Crippen molar-refractivity contribution in [1.29, 1.82) is 0 Å². The molecule has 0 aromatic carbocycles. The highest BCUT2D eigenvalue weighted by molar-refractivity contribution is 5.36. The normalized spacial score (nSPS) is 30.8. The third-order valence-corrected chi connectivity index (χ3v) is 4.95. The van der Waals surface area contributed by atoms with E-state index in [1.165, 1.54) is 32.2 Å². The van der Waals surface area contributed by atoms with Crippen molar-refractivity contribution < 1.29 is 4.74 Å². The molecule has 1 atom stereocenters. The Morgan fingerprint density at radius 2 is 2.19 bits per heavy atom. The van der Waals surface area contributed by atoms with Gasteiger partial charge in [-0.2, -0.15) is 0 Å². The van der Waals surface area contributed by atoms with Gasteiger partial charge < -0.3 is 9.64 Å². The summed E-state index contributed by atoms with van der Waals surface area (Å²) >= 11 is 0. The van der Waals surface area contributed by atoms with Gasteiger partial charge in [0.15, 0.2) is 0 Å². The van der Waals surface area contributed by atoms with E-state index in [-0.39, 0.29) is 5.60 Å². The van der Waals surface area contributed by atoms with Crippen LogP contribution in [0.1, 0.15) is 25.7 Å². The van der Waals surface area contributed by atoms with Crippen molar-refractivity contribution in [3.05, 3.63) is 18.6 Å². The minimum absolute atomic E-state index is 0.00289. The number of anilines is 1. The van der Waals surface area contributed by atoms with E-state index in [4.69, 9.17) is 4.74 Å². The third kappa shape index (κ3) is 3.04. The summed E-state index contributed by atoms with van der Waals surface area (Å²) in [6.45, 7) is 6.35. The van der Waals surface area contributed by atoms with Crippen LogP contribution in [-0.4, -0.2) is 59.8 Å². The van der Waals surface area contributed by atoms with Crippen LogP contribution in [0.5, 0.6) is 0 Å². The quantitative estimate of drug-likeness (QED) is 0.844. The fraction of sp³-hybridized carbons (Fsp3) is 0.750. The number of nitrogens with zero attached hydrogens (tertiary/aromatic N) is 4. The molecule has 1 saturated carbocycles. The Kier molecular flexibility index (Phi) is 3.55. The smallest absolute Gasteiger partial charge is 0.147 e. The number of morpholine rings is 1. The Bertz CT molecular complexity index is 474. The molecular formula is C16H24N4O. The van der Waals surface area contributed by atoms with Crippen LogP contribution in [-0.2, 0) is 4.74 Å². The highest BCUT2D eigenvalue weighted by Gasteiger charge is 2.41. The zero-order valence-electron chi connectivity index (χ0n) is 12.6. The number of rotatable bonds is 3. The first-order valence-electron chi connectivity index (χ1n) is 8.20. The number of hydrogen-bond donors (Lipinski definition) is 0. The van der Waals surface area contributed by atoms with E-state index >= 15 is 0 Å². The zero-order chi connectivity index (χ0) is 14.1. The second-order valence-corrected chi connectivity index (χ2v) is 6.80. The van der Waals surface area contributed by atoms with Gasteiger partial charge in [-0.05, 0) is 31.6 Å². The molecule has 4 rings (SSSR count). The number of hydrogen-bond acceptors (Lipinski definition) is 5. The second kappa shape index (κ2) is 5.54. The molecule has 21 heavy (non-hydrogen) atoms. The predicted molar refractivity (Wildman–Crippen MR) is 81.3 cm³/mol. The van der Waals surface area contributed by atoms with Crippen molar-refractivity contribution in [2.24, 2.45) is 5.92 Å². The SMILES string of the molecule is c1cnc(N2CCC[C@]3(CN(CC4CC4)CCO3)C2)cn1. The fourth-order valence-electron chi connectivity index (χ4n) is 3.74. The lowest BCUT2D eigenvalue weighted by Gasteiger charge is -2.48. The number of ether oxygens (including phenoxy) is 1. The van der Waals surface area contributed by atoms with E-state index in [9.17, 15) is 0 Å². The molecule has 1 aromatic rings. The van der Waals surface area contributed by atoms with Gasteiger partial charge in [-0.1, -0.05) is 0 Å². The Labute approximate surface area is 126 Å². The van der Waals surface area contributed by atoms with E-state index < -0.39 is 0 Å². The Hall–Kier alpha value is -1.20. The van der Waals surface area contributed by atoms with Crippen LogP contribution < -0.4 is 4.90 Å². The lowest BCUT2D eigenvalue weighted by atomic mass is 9.90. The summed E-state index contributed by atoms with van der Waals surface area (Å²) in [5, 5.41) is 0. The first kappa shape index (κ1) is 13.5. The summed E-state index contributed by atoms with van der Waals surface area (Å²) in [6, 6.07) is 0. The van der Waals surface area contributed by atoms with Gasteiger partial charge in [0.05, 0.1) is 18.4 Å². The van der Waals surface area contributed by atoms with E-state index in [1.54, 1.807) is 12.4 Å². The van der Waals surface area contributed by atoms with E-state index in [2.05, 4.69) is 19.8 Å². The van der Waals surface area contributed by atoms with E-state index in [0.29, 0.717) is 0 Å². The molecule has 0 unspecified atom stereocenters. The van der Waals surface area contributed by atoms with E-state index in [1.807, 2.05) is 6.20 Å². The summed E-state index contributed by atoms with van der Waals surface area (Å²) in [4.78, 5) is 13.6. The van der Waals surface area contributed by atoms with Crippen molar-refractivity contribution in [1.82, 2.24) is 14.9 Å². The lowest BCUT2D eigenvalue weighted by Crippen LogP contribution is -2.60. The topological polar surface area (TPSA) is 41.5 Å². The summed E-state index contributed by atoms with van der Waals surface area (Å²) in [6.07, 6.45) is 10.6. The van der Waals surface area contributed by atoms with Crippen molar-refractivity contribution >= 4 is 5.82 Å². The third-order valence-electron chi connectivity index (χ3n) is 4.95. The molecule has 1 aliphatic carbocycles. The van der Waals surface area contributed by atoms with Crippen LogP contribution in [0.15, 0.2) is 18.6 Å². The standard InChI is InChI=1S/C16H24N4O/c1-4-16(12-19(8-9-21-16)11-14-2-3-14)13-20(7-1)15-10-17-5-6-18-15/h5-6,10,14H,1-4,7-9,11-13H2/t16-/m0/s1. The Morgan fingerprint density at radius 3 is 3.00 bits per heavy atom. The second-order valence-electron chi connectivity index (χ2n) is 6.80. The molecule has 5 nitrogen and oxygen atoms in total. The molecule has 2 saturated heterocycles. The maximum absolute atomic E-state index is 6.26. The largest absolute Gasteiger partial charge is 0.370 e. The molecule has 3 aliphatic rings. The van der Waals surface area contributed by atoms with Crippen LogP contribution in [0.2, 0.25) is 0 Å². The van der Waals surface area contributed by atoms with Gasteiger partial charge in [-0.3, -0.25) is 9.88 Å². The predicted octanol–water partition coefficient (Wildman–Crippen LogP) is 1.56. The highest BCUT2D eigenvalue weighted by Crippen LogP contribution is 2.34. The van der Waals surface area contributed by atoms with Gasteiger partial charge in [-0.25, -0.2) is 4.98 Å². The van der Waals surface area contributed by atoms with Crippen LogP contribution in [0.4, 0.5) is 5.82 Å². The molecule has 3 fully saturated rings. The van der Waals surface area contributed by atoms with Crippen molar-refractivity contribution in [3.8, 4) is 0 Å². The van der Waals surface area contributed by atoms with Crippen molar-refractivity contribution in [3.63, 3.8) is 0 Å². The van der Waals surface area contributed by atoms with Crippen molar-refractivity contribution in [2.45, 2.75) is 31.3 Å². The van der Waals surface area contributed by atoms with Gasteiger partial charge >= 0.3 is 0 Å². The monoisotopic (exact) mass is 288 g/mol. The van der Waals surface area contributed by atoms with Crippen LogP contribution in [0.3, 0.4) is 0 Å². The lowest BCUT2D eigenvalue weighted by molar-refractivity contribution is -0.115. The molecule has 5 heteroatoms. The van der Waals surface area contributed by atoms with E-state index in [0.717, 1.165) is 44.5 Å². The molecule has 0 radical (unpaired) electrons. The molecule has 3 heterocycles. The summed E-state index contributed by atoms with van der Waals surface area (Å²) in [5.41, 5.74) is 0.00289. The maximum atomic E-state index is 6.26. The van der Waals surface area contributed by atoms with Gasteiger partial charge in [0.1, 0.15) is 5.82 Å². The van der Waals surface area contributed by atoms with Gasteiger partial charge in [-0.15, -0.1) is 0 Å². The molecule has 0 bridgehead atoms. The molecular weight excluding hydrogens is 264 g/mol. The average Bonchev–Trinajstić information content (AvgIpc) is 3.32. The minimum Gasteiger partial charge on any atom is -0.370 e. The first-order chi connectivity index (χ1) is 10.3. The molecule has 0 N–H and O–H groups in total. The minimum atomic E-state index is 0.00289. The van der Waals surface area contributed by atoms with Gasteiger partial charge in [0.25, 0.3) is 0 Å². The Morgan fingerprint density at radius 1 is 1.24 bits per heavy atom. The molecule has 1 aromatic heterocycles.